The van der Waals surface area contributed by atoms with Gasteiger partial charge in [-0.05, 0) is 25.3 Å². The van der Waals surface area contributed by atoms with E-state index in [0.717, 1.165) is 31.9 Å². The fraction of sp³-hybridized carbons (Fsp3) is 0.727. The zero-order valence-corrected chi connectivity index (χ0v) is 9.33. The van der Waals surface area contributed by atoms with Crippen LogP contribution in [0.5, 0.6) is 0 Å². The summed E-state index contributed by atoms with van der Waals surface area (Å²) in [4.78, 5) is 0. The topological polar surface area (TPSA) is 39.1 Å². The van der Waals surface area contributed by atoms with E-state index in [0.29, 0.717) is 0 Å². The van der Waals surface area contributed by atoms with Gasteiger partial charge < -0.3 is 10.1 Å². The van der Waals surface area contributed by atoms with Crippen LogP contribution in [0, 0.1) is 0 Å². The molecule has 0 aromatic carbocycles. The molecule has 2 rings (SSSR count). The van der Waals surface area contributed by atoms with Gasteiger partial charge in [-0.2, -0.15) is 5.10 Å². The van der Waals surface area contributed by atoms with E-state index in [1.807, 2.05) is 0 Å². The molecule has 1 aliphatic rings. The molecule has 2 heterocycles. The summed E-state index contributed by atoms with van der Waals surface area (Å²) in [6.07, 6.45) is 3.76. The Morgan fingerprint density at radius 1 is 1.53 bits per heavy atom. The molecule has 0 amide bonds. The van der Waals surface area contributed by atoms with Crippen LogP contribution in [0.4, 0.5) is 0 Å². The van der Waals surface area contributed by atoms with E-state index in [4.69, 9.17) is 4.74 Å². The van der Waals surface area contributed by atoms with E-state index in [1.165, 1.54) is 25.0 Å². The van der Waals surface area contributed by atoms with Crippen LogP contribution >= 0.6 is 0 Å². The molecule has 0 bridgehead atoms. The number of hydrogen-bond donors (Lipinski definition) is 1. The molecule has 0 atom stereocenters. The number of aryl methyl sites for hydroxylation is 2. The van der Waals surface area contributed by atoms with Gasteiger partial charge in [0.1, 0.15) is 0 Å². The Morgan fingerprint density at radius 3 is 3.27 bits per heavy atom. The number of aromatic nitrogens is 2. The van der Waals surface area contributed by atoms with Crippen molar-refractivity contribution in [1.82, 2.24) is 15.1 Å². The van der Waals surface area contributed by atoms with Crippen molar-refractivity contribution in [2.24, 2.45) is 0 Å². The molecule has 0 aliphatic carbocycles. The van der Waals surface area contributed by atoms with Gasteiger partial charge >= 0.3 is 0 Å². The molecule has 1 aromatic rings. The van der Waals surface area contributed by atoms with Crippen molar-refractivity contribution in [3.63, 3.8) is 0 Å². The molecule has 84 valence electrons. The summed E-state index contributed by atoms with van der Waals surface area (Å²) in [5.74, 6) is 0. The molecule has 4 heteroatoms. The van der Waals surface area contributed by atoms with Crippen LogP contribution in [0.1, 0.15) is 24.2 Å². The Labute approximate surface area is 90.6 Å². The first-order valence-corrected chi connectivity index (χ1v) is 5.65. The Morgan fingerprint density at radius 2 is 2.47 bits per heavy atom. The number of hydrogen-bond acceptors (Lipinski definition) is 3. The lowest BCUT2D eigenvalue weighted by atomic mass is 10.1. The van der Waals surface area contributed by atoms with Gasteiger partial charge in [-0.3, -0.25) is 4.68 Å². The molecule has 15 heavy (non-hydrogen) atoms. The highest BCUT2D eigenvalue weighted by atomic mass is 16.5. The minimum atomic E-state index is 0.758. The maximum atomic E-state index is 4.97. The Hall–Kier alpha value is -0.870. The number of fused-ring (bicyclic) bond motifs is 1. The van der Waals surface area contributed by atoms with Crippen molar-refractivity contribution in [3.8, 4) is 0 Å². The summed E-state index contributed by atoms with van der Waals surface area (Å²) < 4.78 is 7.12. The molecule has 0 radical (unpaired) electrons. The number of ether oxygens (including phenoxy) is 1. The predicted octanol–water partition coefficient (Wildman–Crippen LogP) is 0.955. The highest BCUT2D eigenvalue weighted by Gasteiger charge is 2.11. The van der Waals surface area contributed by atoms with Crippen molar-refractivity contribution in [1.29, 1.82) is 0 Å². The van der Waals surface area contributed by atoms with Gasteiger partial charge in [0, 0.05) is 32.4 Å². The predicted molar refractivity (Wildman–Crippen MR) is 58.7 cm³/mol. The lowest BCUT2D eigenvalue weighted by Gasteiger charge is -2.11. The van der Waals surface area contributed by atoms with Gasteiger partial charge in [-0.15, -0.1) is 0 Å². The monoisotopic (exact) mass is 209 g/mol. The van der Waals surface area contributed by atoms with Gasteiger partial charge in [0.2, 0.25) is 0 Å². The smallest absolute Gasteiger partial charge is 0.0765 e. The standard InChI is InChI=1S/C11H19N3O/c1-15-7-5-12-9-10-8-11-4-2-3-6-14(11)13-10/h8,12H,2-7,9H2,1H3. The van der Waals surface area contributed by atoms with Crippen LogP contribution in [0.25, 0.3) is 0 Å². The van der Waals surface area contributed by atoms with Crippen molar-refractivity contribution < 1.29 is 4.74 Å². The van der Waals surface area contributed by atoms with E-state index in [1.54, 1.807) is 7.11 Å². The highest BCUT2D eigenvalue weighted by molar-refractivity contribution is 5.11. The van der Waals surface area contributed by atoms with Crippen LogP contribution in [0.15, 0.2) is 6.07 Å². The molecule has 0 saturated carbocycles. The molecule has 1 N–H and O–H groups in total. The molecule has 1 aromatic heterocycles. The van der Waals surface area contributed by atoms with Crippen molar-refractivity contribution in [2.75, 3.05) is 20.3 Å². The molecule has 1 aliphatic heterocycles. The summed E-state index contributed by atoms with van der Waals surface area (Å²) in [6, 6.07) is 2.22. The third-order valence-electron chi connectivity index (χ3n) is 2.76. The SMILES string of the molecule is COCCNCc1cc2n(n1)CCCC2. The second kappa shape index (κ2) is 5.28. The quantitative estimate of drug-likeness (QED) is 0.734. The number of methoxy groups -OCH3 is 1. The largest absolute Gasteiger partial charge is 0.383 e. The maximum absolute atomic E-state index is 4.97. The normalized spacial score (nSPS) is 15.3. The van der Waals surface area contributed by atoms with Crippen molar-refractivity contribution >= 4 is 0 Å². The van der Waals surface area contributed by atoms with Gasteiger partial charge in [-0.1, -0.05) is 0 Å². The van der Waals surface area contributed by atoms with Crippen LogP contribution in [0.3, 0.4) is 0 Å². The molecule has 0 saturated heterocycles. The summed E-state index contributed by atoms with van der Waals surface area (Å²) in [5, 5.41) is 7.87. The average molecular weight is 209 g/mol. The van der Waals surface area contributed by atoms with Crippen LogP contribution in [-0.2, 0) is 24.2 Å². The third-order valence-corrected chi connectivity index (χ3v) is 2.76. The number of nitrogens with zero attached hydrogens (tertiary/aromatic N) is 2. The summed E-state index contributed by atoms with van der Waals surface area (Å²) >= 11 is 0. The highest BCUT2D eigenvalue weighted by Crippen LogP contribution is 2.14. The van der Waals surface area contributed by atoms with E-state index < -0.39 is 0 Å². The van der Waals surface area contributed by atoms with E-state index in [-0.39, 0.29) is 0 Å². The molecular formula is C11H19N3O. The summed E-state index contributed by atoms with van der Waals surface area (Å²) in [7, 11) is 1.72. The zero-order chi connectivity index (χ0) is 10.5. The molecule has 0 spiro atoms. The lowest BCUT2D eigenvalue weighted by Crippen LogP contribution is -2.19. The number of nitrogens with one attached hydrogen (secondary N) is 1. The Bertz CT molecular complexity index is 285. The fourth-order valence-corrected chi connectivity index (χ4v) is 1.95. The molecular weight excluding hydrogens is 190 g/mol. The minimum absolute atomic E-state index is 0.758. The van der Waals surface area contributed by atoms with Crippen LogP contribution in [-0.4, -0.2) is 30.0 Å². The summed E-state index contributed by atoms with van der Waals surface area (Å²) in [6.45, 7) is 3.59. The lowest BCUT2D eigenvalue weighted by molar-refractivity contribution is 0.199. The second-order valence-electron chi connectivity index (χ2n) is 3.98. The fourth-order valence-electron chi connectivity index (χ4n) is 1.95. The summed E-state index contributed by atoms with van der Waals surface area (Å²) in [5.41, 5.74) is 2.55. The third kappa shape index (κ3) is 2.79. The van der Waals surface area contributed by atoms with Crippen LogP contribution in [0.2, 0.25) is 0 Å². The second-order valence-corrected chi connectivity index (χ2v) is 3.98. The minimum Gasteiger partial charge on any atom is -0.383 e. The van der Waals surface area contributed by atoms with Crippen molar-refractivity contribution in [2.45, 2.75) is 32.4 Å². The van der Waals surface area contributed by atoms with E-state index >= 15 is 0 Å². The maximum Gasteiger partial charge on any atom is 0.0765 e. The van der Waals surface area contributed by atoms with Crippen molar-refractivity contribution in [3.05, 3.63) is 17.5 Å². The Kier molecular flexibility index (Phi) is 3.75. The van der Waals surface area contributed by atoms with E-state index in [9.17, 15) is 0 Å². The molecule has 0 fully saturated rings. The van der Waals surface area contributed by atoms with Crippen LogP contribution < -0.4 is 5.32 Å². The first-order valence-electron chi connectivity index (χ1n) is 5.65. The molecule has 4 nitrogen and oxygen atoms in total. The Balaban J connectivity index is 1.84. The first kappa shape index (κ1) is 10.6. The number of rotatable bonds is 5. The molecule has 0 unspecified atom stereocenters. The van der Waals surface area contributed by atoms with Gasteiger partial charge in [0.15, 0.2) is 0 Å². The first-order chi connectivity index (χ1) is 7.40. The average Bonchev–Trinajstić information content (AvgIpc) is 2.67. The zero-order valence-electron chi connectivity index (χ0n) is 9.33. The van der Waals surface area contributed by atoms with Gasteiger partial charge in [-0.25, -0.2) is 0 Å². The van der Waals surface area contributed by atoms with Gasteiger partial charge in [0.25, 0.3) is 0 Å². The van der Waals surface area contributed by atoms with Gasteiger partial charge in [0.05, 0.1) is 12.3 Å². The van der Waals surface area contributed by atoms with E-state index in [2.05, 4.69) is 21.2 Å².